The minimum absolute atomic E-state index is 0.300. The molecule has 20 heavy (non-hydrogen) atoms. The van der Waals surface area contributed by atoms with Crippen molar-refractivity contribution in [3.8, 4) is 17.0 Å². The van der Waals surface area contributed by atoms with Gasteiger partial charge in [-0.25, -0.2) is 9.48 Å². The third-order valence-electron chi connectivity index (χ3n) is 2.77. The molecule has 0 amide bonds. The van der Waals surface area contributed by atoms with Crippen LogP contribution in [-0.4, -0.2) is 34.6 Å². The predicted molar refractivity (Wildman–Crippen MR) is 72.5 cm³/mol. The second kappa shape index (κ2) is 6.21. The summed E-state index contributed by atoms with van der Waals surface area (Å²) in [6.07, 6.45) is 0.487. The lowest BCUT2D eigenvalue weighted by Crippen LogP contribution is -2.22. The van der Waals surface area contributed by atoms with E-state index in [9.17, 15) is 4.79 Å². The van der Waals surface area contributed by atoms with Crippen LogP contribution in [0.5, 0.6) is 5.75 Å². The number of rotatable bonds is 6. The van der Waals surface area contributed by atoms with Crippen molar-refractivity contribution >= 4 is 5.97 Å². The summed E-state index contributed by atoms with van der Waals surface area (Å²) in [7, 11) is 1.60. The maximum absolute atomic E-state index is 11.1. The van der Waals surface area contributed by atoms with Crippen LogP contribution in [0.2, 0.25) is 0 Å². The Morgan fingerprint density at radius 2 is 2.05 bits per heavy atom. The standard InChI is InChI=1S/C14H16N2O4/c1-3-20-13(14(17)18)16-9-8-12(15-16)10-4-6-11(19-2)7-5-10/h4-9,13H,3H2,1-2H3,(H,17,18)/t13-/m1/s1. The largest absolute Gasteiger partial charge is 0.497 e. The number of hydrogen-bond acceptors (Lipinski definition) is 4. The Morgan fingerprint density at radius 1 is 1.35 bits per heavy atom. The molecule has 0 radical (unpaired) electrons. The molecule has 1 N–H and O–H groups in total. The van der Waals surface area contributed by atoms with E-state index in [-0.39, 0.29) is 0 Å². The second-order valence-electron chi connectivity index (χ2n) is 4.06. The summed E-state index contributed by atoms with van der Waals surface area (Å²) >= 11 is 0. The first kappa shape index (κ1) is 14.1. The van der Waals surface area contributed by atoms with Gasteiger partial charge in [0.1, 0.15) is 5.75 Å². The summed E-state index contributed by atoms with van der Waals surface area (Å²) < 4.78 is 11.5. The molecule has 0 saturated carbocycles. The van der Waals surface area contributed by atoms with Crippen molar-refractivity contribution in [1.29, 1.82) is 0 Å². The molecular formula is C14H16N2O4. The molecule has 0 bridgehead atoms. The van der Waals surface area contributed by atoms with Gasteiger partial charge < -0.3 is 14.6 Å². The number of hydrogen-bond donors (Lipinski definition) is 1. The Labute approximate surface area is 116 Å². The summed E-state index contributed by atoms with van der Waals surface area (Å²) in [5.41, 5.74) is 1.56. The van der Waals surface area contributed by atoms with Gasteiger partial charge in [-0.2, -0.15) is 5.10 Å². The highest BCUT2D eigenvalue weighted by Crippen LogP contribution is 2.21. The van der Waals surface area contributed by atoms with Crippen molar-refractivity contribution in [2.45, 2.75) is 13.2 Å². The summed E-state index contributed by atoms with van der Waals surface area (Å²) in [5, 5.41) is 13.3. The van der Waals surface area contributed by atoms with Crippen molar-refractivity contribution in [3.63, 3.8) is 0 Å². The molecule has 2 aromatic rings. The Morgan fingerprint density at radius 3 is 2.60 bits per heavy atom. The molecule has 0 aliphatic heterocycles. The molecule has 6 nitrogen and oxygen atoms in total. The third-order valence-corrected chi connectivity index (χ3v) is 2.77. The van der Waals surface area contributed by atoms with Crippen LogP contribution < -0.4 is 4.74 Å². The Kier molecular flexibility index (Phi) is 4.37. The van der Waals surface area contributed by atoms with Gasteiger partial charge in [0.05, 0.1) is 12.8 Å². The van der Waals surface area contributed by atoms with Crippen LogP contribution in [0.4, 0.5) is 0 Å². The van der Waals surface area contributed by atoms with Crippen LogP contribution >= 0.6 is 0 Å². The highest BCUT2D eigenvalue weighted by atomic mass is 16.5. The number of carbonyl (C=O) groups is 1. The first-order chi connectivity index (χ1) is 9.65. The zero-order valence-corrected chi connectivity index (χ0v) is 11.3. The van der Waals surface area contributed by atoms with Crippen LogP contribution in [0.25, 0.3) is 11.3 Å². The zero-order valence-electron chi connectivity index (χ0n) is 11.3. The smallest absolute Gasteiger partial charge is 0.356 e. The van der Waals surface area contributed by atoms with Crippen LogP contribution in [0.1, 0.15) is 13.2 Å². The first-order valence-electron chi connectivity index (χ1n) is 6.19. The fourth-order valence-electron chi connectivity index (χ4n) is 1.80. The number of methoxy groups -OCH3 is 1. The maximum atomic E-state index is 11.1. The van der Waals surface area contributed by atoms with E-state index in [1.807, 2.05) is 24.3 Å². The van der Waals surface area contributed by atoms with E-state index in [4.69, 9.17) is 14.6 Å². The van der Waals surface area contributed by atoms with Crippen LogP contribution in [0, 0.1) is 0 Å². The lowest BCUT2D eigenvalue weighted by atomic mass is 10.1. The van der Waals surface area contributed by atoms with Crippen molar-refractivity contribution in [2.24, 2.45) is 0 Å². The van der Waals surface area contributed by atoms with Crippen molar-refractivity contribution in [1.82, 2.24) is 9.78 Å². The number of carboxylic acids is 1. The Balaban J connectivity index is 2.24. The average molecular weight is 276 g/mol. The molecule has 1 heterocycles. The molecule has 106 valence electrons. The van der Waals surface area contributed by atoms with Gasteiger partial charge in [0.25, 0.3) is 0 Å². The molecule has 0 fully saturated rings. The number of benzene rings is 1. The fourth-order valence-corrected chi connectivity index (χ4v) is 1.80. The quantitative estimate of drug-likeness (QED) is 0.875. The van der Waals surface area contributed by atoms with Crippen LogP contribution in [-0.2, 0) is 9.53 Å². The Hall–Kier alpha value is -2.34. The topological polar surface area (TPSA) is 73.6 Å². The molecule has 6 heteroatoms. The molecule has 0 spiro atoms. The van der Waals surface area contributed by atoms with E-state index >= 15 is 0 Å². The number of aliphatic carboxylic acids is 1. The third kappa shape index (κ3) is 2.97. The highest BCUT2D eigenvalue weighted by molar-refractivity contribution is 5.70. The molecular weight excluding hydrogens is 260 g/mol. The normalized spacial score (nSPS) is 12.1. The van der Waals surface area contributed by atoms with Gasteiger partial charge in [-0.05, 0) is 37.3 Å². The van der Waals surface area contributed by atoms with E-state index in [1.165, 1.54) is 4.68 Å². The summed E-state index contributed by atoms with van der Waals surface area (Å²) in [6.45, 7) is 2.04. The zero-order chi connectivity index (χ0) is 14.5. The van der Waals surface area contributed by atoms with Crippen molar-refractivity contribution < 1.29 is 19.4 Å². The van der Waals surface area contributed by atoms with E-state index in [0.717, 1.165) is 11.3 Å². The van der Waals surface area contributed by atoms with Gasteiger partial charge >= 0.3 is 5.97 Å². The van der Waals surface area contributed by atoms with E-state index in [1.54, 1.807) is 26.3 Å². The van der Waals surface area contributed by atoms with E-state index in [2.05, 4.69) is 5.10 Å². The first-order valence-corrected chi connectivity index (χ1v) is 6.19. The number of ether oxygens (including phenoxy) is 2. The van der Waals surface area contributed by atoms with Gasteiger partial charge in [0.2, 0.25) is 6.23 Å². The fraction of sp³-hybridized carbons (Fsp3) is 0.286. The number of aromatic nitrogens is 2. The van der Waals surface area contributed by atoms with Crippen molar-refractivity contribution in [2.75, 3.05) is 13.7 Å². The van der Waals surface area contributed by atoms with E-state index in [0.29, 0.717) is 12.3 Å². The molecule has 1 aromatic carbocycles. The highest BCUT2D eigenvalue weighted by Gasteiger charge is 2.20. The molecule has 2 rings (SSSR count). The van der Waals surface area contributed by atoms with Crippen LogP contribution in [0.15, 0.2) is 36.5 Å². The molecule has 1 atom stereocenters. The van der Waals surface area contributed by atoms with Crippen molar-refractivity contribution in [3.05, 3.63) is 36.5 Å². The minimum atomic E-state index is -1.10. The van der Waals surface area contributed by atoms with Crippen LogP contribution in [0.3, 0.4) is 0 Å². The van der Waals surface area contributed by atoms with Gasteiger partial charge in [0, 0.05) is 18.4 Å². The second-order valence-corrected chi connectivity index (χ2v) is 4.06. The van der Waals surface area contributed by atoms with Gasteiger partial charge in [-0.15, -0.1) is 0 Å². The summed E-state index contributed by atoms with van der Waals surface area (Å²) in [6, 6.07) is 9.12. The van der Waals surface area contributed by atoms with Gasteiger partial charge in [0.15, 0.2) is 0 Å². The summed E-state index contributed by atoms with van der Waals surface area (Å²) in [5.74, 6) is -0.317. The lowest BCUT2D eigenvalue weighted by Gasteiger charge is -2.12. The Bertz CT molecular complexity index is 577. The molecule has 1 aromatic heterocycles. The maximum Gasteiger partial charge on any atom is 0.356 e. The lowest BCUT2D eigenvalue weighted by molar-refractivity contribution is -0.157. The molecule has 0 saturated heterocycles. The van der Waals surface area contributed by atoms with E-state index < -0.39 is 12.2 Å². The number of nitrogens with zero attached hydrogens (tertiary/aromatic N) is 2. The molecule has 0 aliphatic carbocycles. The predicted octanol–water partition coefficient (Wildman–Crippen LogP) is 2.18. The van der Waals surface area contributed by atoms with Gasteiger partial charge in [-0.1, -0.05) is 0 Å². The summed E-state index contributed by atoms with van der Waals surface area (Å²) in [4.78, 5) is 11.1. The van der Waals surface area contributed by atoms with Gasteiger partial charge in [-0.3, -0.25) is 0 Å². The SMILES string of the molecule is CCO[C@H](C(=O)O)n1ccc(-c2ccc(OC)cc2)n1. The molecule has 0 unspecified atom stereocenters. The molecule has 0 aliphatic rings. The minimum Gasteiger partial charge on any atom is -0.497 e. The average Bonchev–Trinajstić information content (AvgIpc) is 2.94. The monoisotopic (exact) mass is 276 g/mol. The number of carboxylic acid groups (broad SMARTS) is 1.